The molecule has 0 aromatic heterocycles. The van der Waals surface area contributed by atoms with Gasteiger partial charge in [0.05, 0.1) is 5.41 Å². The van der Waals surface area contributed by atoms with Gasteiger partial charge < -0.3 is 15.3 Å². The molecule has 2 N–H and O–H groups in total. The quantitative estimate of drug-likeness (QED) is 0.835. The van der Waals surface area contributed by atoms with Crippen molar-refractivity contribution in [3.63, 3.8) is 0 Å². The Bertz CT molecular complexity index is 608. The number of aliphatic carboxylic acids is 1. The molecule has 1 saturated heterocycles. The third-order valence-electron chi connectivity index (χ3n) is 4.03. The molecule has 124 valence electrons. The number of amides is 2. The number of carbonyl (C=O) groups is 3. The van der Waals surface area contributed by atoms with Crippen molar-refractivity contribution in [3.05, 3.63) is 35.4 Å². The van der Waals surface area contributed by atoms with Crippen LogP contribution in [-0.2, 0) is 16.1 Å². The highest BCUT2D eigenvalue weighted by Gasteiger charge is 2.27. The zero-order valence-corrected chi connectivity index (χ0v) is 13.5. The highest BCUT2D eigenvalue weighted by Crippen LogP contribution is 2.16. The maximum absolute atomic E-state index is 12.1. The van der Waals surface area contributed by atoms with E-state index in [1.54, 1.807) is 26.0 Å². The van der Waals surface area contributed by atoms with Crippen molar-refractivity contribution in [3.8, 4) is 0 Å². The summed E-state index contributed by atoms with van der Waals surface area (Å²) >= 11 is 0. The van der Waals surface area contributed by atoms with Crippen molar-refractivity contribution in [1.29, 1.82) is 0 Å². The van der Waals surface area contributed by atoms with Crippen LogP contribution in [0.1, 0.15) is 42.6 Å². The van der Waals surface area contributed by atoms with Crippen LogP contribution in [-0.4, -0.2) is 40.9 Å². The molecule has 0 aliphatic carbocycles. The van der Waals surface area contributed by atoms with Gasteiger partial charge in [0.15, 0.2) is 0 Å². The number of benzene rings is 1. The number of likely N-dealkylation sites (tertiary alicyclic amines) is 1. The van der Waals surface area contributed by atoms with Crippen molar-refractivity contribution < 1.29 is 19.5 Å². The topological polar surface area (TPSA) is 86.7 Å². The summed E-state index contributed by atoms with van der Waals surface area (Å²) in [6.45, 7) is 4.53. The third kappa shape index (κ3) is 4.31. The van der Waals surface area contributed by atoms with Crippen LogP contribution in [0.2, 0.25) is 0 Å². The smallest absolute Gasteiger partial charge is 0.310 e. The van der Waals surface area contributed by atoms with Crippen LogP contribution in [0.3, 0.4) is 0 Å². The predicted octanol–water partition coefficient (Wildman–Crippen LogP) is 1.65. The summed E-state index contributed by atoms with van der Waals surface area (Å²) in [5.41, 5.74) is 0.441. The zero-order chi connectivity index (χ0) is 17.0. The van der Waals surface area contributed by atoms with Crippen LogP contribution in [0.4, 0.5) is 0 Å². The van der Waals surface area contributed by atoms with Crippen molar-refractivity contribution in [2.45, 2.75) is 33.2 Å². The molecule has 2 amide bonds. The van der Waals surface area contributed by atoms with E-state index in [4.69, 9.17) is 5.11 Å². The van der Waals surface area contributed by atoms with Gasteiger partial charge in [-0.15, -0.1) is 0 Å². The first-order valence-corrected chi connectivity index (χ1v) is 7.68. The van der Waals surface area contributed by atoms with Crippen LogP contribution < -0.4 is 5.32 Å². The molecule has 1 heterocycles. The van der Waals surface area contributed by atoms with Gasteiger partial charge in [0, 0.05) is 31.6 Å². The minimum absolute atomic E-state index is 0.0607. The monoisotopic (exact) mass is 318 g/mol. The molecule has 1 aliphatic heterocycles. The van der Waals surface area contributed by atoms with Gasteiger partial charge in [-0.05, 0) is 38.0 Å². The second kappa shape index (κ2) is 6.81. The molecule has 6 nitrogen and oxygen atoms in total. The Labute approximate surface area is 135 Å². The first-order valence-electron chi connectivity index (χ1n) is 7.68. The molecule has 0 atom stereocenters. The summed E-state index contributed by atoms with van der Waals surface area (Å²) in [5, 5.41) is 11.7. The number of carboxylic acid groups (broad SMARTS) is 1. The lowest BCUT2D eigenvalue weighted by Crippen LogP contribution is -2.38. The second-order valence-corrected chi connectivity index (χ2v) is 6.49. The molecule has 0 saturated carbocycles. The average Bonchev–Trinajstić information content (AvgIpc) is 2.91. The first kappa shape index (κ1) is 17.0. The van der Waals surface area contributed by atoms with Gasteiger partial charge in [0.2, 0.25) is 5.91 Å². The van der Waals surface area contributed by atoms with E-state index in [0.717, 1.165) is 18.5 Å². The Morgan fingerprint density at radius 3 is 2.43 bits per heavy atom. The zero-order valence-electron chi connectivity index (χ0n) is 13.5. The van der Waals surface area contributed by atoms with Gasteiger partial charge in [-0.25, -0.2) is 0 Å². The Kier molecular flexibility index (Phi) is 5.03. The Balaban J connectivity index is 1.92. The first-order chi connectivity index (χ1) is 10.8. The van der Waals surface area contributed by atoms with Crippen molar-refractivity contribution >= 4 is 17.8 Å². The van der Waals surface area contributed by atoms with E-state index in [1.165, 1.54) is 0 Å². The van der Waals surface area contributed by atoms with Gasteiger partial charge in [-0.2, -0.15) is 0 Å². The Morgan fingerprint density at radius 1 is 1.26 bits per heavy atom. The van der Waals surface area contributed by atoms with Crippen LogP contribution in [0.15, 0.2) is 24.3 Å². The number of carboxylic acids is 1. The van der Waals surface area contributed by atoms with E-state index < -0.39 is 11.4 Å². The van der Waals surface area contributed by atoms with Crippen molar-refractivity contribution in [1.82, 2.24) is 10.2 Å². The summed E-state index contributed by atoms with van der Waals surface area (Å²) in [7, 11) is 0. The molecule has 1 fully saturated rings. The van der Waals surface area contributed by atoms with E-state index in [1.807, 2.05) is 17.0 Å². The summed E-state index contributed by atoms with van der Waals surface area (Å²) in [6.07, 6.45) is 1.51. The van der Waals surface area contributed by atoms with Gasteiger partial charge in [0.1, 0.15) is 0 Å². The van der Waals surface area contributed by atoms with Crippen molar-refractivity contribution in [2.75, 3.05) is 13.1 Å². The maximum Gasteiger partial charge on any atom is 0.310 e. The lowest BCUT2D eigenvalue weighted by atomic mass is 9.94. The lowest BCUT2D eigenvalue weighted by Gasteiger charge is -2.19. The average molecular weight is 318 g/mol. The van der Waals surface area contributed by atoms with E-state index in [-0.39, 0.29) is 18.4 Å². The van der Waals surface area contributed by atoms with Gasteiger partial charge in [-0.3, -0.25) is 14.4 Å². The minimum atomic E-state index is -1.01. The third-order valence-corrected chi connectivity index (χ3v) is 4.03. The molecule has 0 bridgehead atoms. The van der Waals surface area contributed by atoms with E-state index in [0.29, 0.717) is 18.5 Å². The fraction of sp³-hybridized carbons (Fsp3) is 0.471. The fourth-order valence-electron chi connectivity index (χ4n) is 2.33. The number of hydrogen-bond acceptors (Lipinski definition) is 3. The highest BCUT2D eigenvalue weighted by molar-refractivity contribution is 5.94. The van der Waals surface area contributed by atoms with Crippen LogP contribution in [0, 0.1) is 5.41 Å². The molecule has 6 heteroatoms. The van der Waals surface area contributed by atoms with Crippen molar-refractivity contribution in [2.24, 2.45) is 5.41 Å². The lowest BCUT2D eigenvalue weighted by molar-refractivity contribution is -0.146. The number of rotatable bonds is 6. The fourth-order valence-corrected chi connectivity index (χ4v) is 2.33. The summed E-state index contributed by atoms with van der Waals surface area (Å²) in [4.78, 5) is 36.5. The molecule has 1 aromatic rings. The Morgan fingerprint density at radius 2 is 1.91 bits per heavy atom. The summed E-state index contributed by atoms with van der Waals surface area (Å²) < 4.78 is 0. The second-order valence-electron chi connectivity index (χ2n) is 6.49. The molecule has 1 aliphatic rings. The number of hydrogen-bond donors (Lipinski definition) is 2. The Hall–Kier alpha value is -2.37. The van der Waals surface area contributed by atoms with Crippen LogP contribution >= 0.6 is 0 Å². The highest BCUT2D eigenvalue weighted by atomic mass is 16.4. The number of nitrogens with zero attached hydrogens (tertiary/aromatic N) is 1. The van der Waals surface area contributed by atoms with Crippen LogP contribution in [0.25, 0.3) is 0 Å². The summed E-state index contributed by atoms with van der Waals surface area (Å²) in [5.74, 6) is -1.09. The molecular formula is C17H22N2O4. The van der Waals surface area contributed by atoms with E-state index in [9.17, 15) is 14.4 Å². The minimum Gasteiger partial charge on any atom is -0.481 e. The largest absolute Gasteiger partial charge is 0.481 e. The van der Waals surface area contributed by atoms with Gasteiger partial charge >= 0.3 is 5.97 Å². The van der Waals surface area contributed by atoms with Crippen LogP contribution in [0.5, 0.6) is 0 Å². The molecule has 23 heavy (non-hydrogen) atoms. The predicted molar refractivity (Wildman–Crippen MR) is 84.8 cm³/mol. The summed E-state index contributed by atoms with van der Waals surface area (Å²) in [6, 6.07) is 7.03. The maximum atomic E-state index is 12.1. The van der Waals surface area contributed by atoms with Gasteiger partial charge in [-0.1, -0.05) is 12.1 Å². The number of nitrogens with one attached hydrogen (secondary N) is 1. The number of carbonyl (C=O) groups excluding carboxylic acids is 2. The standard InChI is InChI=1S/C17H22N2O4/c1-17(2,16(22)23)11-18-15(21)13-7-5-12(6-8-13)10-19-9-3-4-14(19)20/h5-8H,3-4,9-11H2,1-2H3,(H,18,21)(H,22,23). The molecule has 0 unspecified atom stereocenters. The SMILES string of the molecule is CC(C)(CNC(=O)c1ccc(CN2CCCC2=O)cc1)C(=O)O. The normalized spacial score (nSPS) is 14.9. The molecule has 2 rings (SSSR count). The molecule has 0 spiro atoms. The van der Waals surface area contributed by atoms with E-state index >= 15 is 0 Å². The van der Waals surface area contributed by atoms with E-state index in [2.05, 4.69) is 5.32 Å². The molecule has 0 radical (unpaired) electrons. The molecular weight excluding hydrogens is 296 g/mol. The van der Waals surface area contributed by atoms with Gasteiger partial charge in [0.25, 0.3) is 5.91 Å². The molecule has 1 aromatic carbocycles.